The molecular weight excluding hydrogens is 202 g/mol. The van der Waals surface area contributed by atoms with E-state index in [9.17, 15) is 4.79 Å². The van der Waals surface area contributed by atoms with Crippen LogP contribution in [-0.4, -0.2) is 20.8 Å². The molecule has 0 aliphatic heterocycles. The van der Waals surface area contributed by atoms with Gasteiger partial charge < -0.3 is 4.57 Å². The fourth-order valence-electron chi connectivity index (χ4n) is 2.57. The molecule has 2 aromatic heterocycles. The van der Waals surface area contributed by atoms with Gasteiger partial charge in [0.15, 0.2) is 6.29 Å². The van der Waals surface area contributed by atoms with E-state index in [2.05, 4.69) is 14.5 Å². The Morgan fingerprint density at radius 3 is 2.94 bits per heavy atom. The number of carbonyl (C=O) groups excluding carboxylic acids is 1. The normalized spacial score (nSPS) is 17.0. The molecule has 16 heavy (non-hydrogen) atoms. The molecular formula is C12H13N3O. The number of carbonyl (C=O) groups is 1. The predicted octanol–water partition coefficient (Wildman–Crippen LogP) is 2.36. The average Bonchev–Trinajstić information content (AvgIpc) is 2.95. The lowest BCUT2D eigenvalue weighted by molar-refractivity contribution is 0.112. The van der Waals surface area contributed by atoms with E-state index in [4.69, 9.17) is 0 Å². The zero-order valence-electron chi connectivity index (χ0n) is 8.97. The van der Waals surface area contributed by atoms with Crippen molar-refractivity contribution in [2.75, 3.05) is 0 Å². The van der Waals surface area contributed by atoms with Crippen molar-refractivity contribution in [3.8, 4) is 0 Å². The molecule has 4 heteroatoms. The summed E-state index contributed by atoms with van der Waals surface area (Å²) in [5.41, 5.74) is 1.59. The van der Waals surface area contributed by atoms with E-state index < -0.39 is 0 Å². The van der Waals surface area contributed by atoms with E-state index in [1.807, 2.05) is 6.20 Å². The number of nitrogens with zero attached hydrogens (tertiary/aromatic N) is 3. The Balaban J connectivity index is 2.20. The van der Waals surface area contributed by atoms with Crippen LogP contribution < -0.4 is 0 Å². The maximum atomic E-state index is 11.0. The van der Waals surface area contributed by atoms with Gasteiger partial charge in [0.2, 0.25) is 0 Å². The molecule has 2 heterocycles. The molecule has 1 aliphatic carbocycles. The number of hydrogen-bond donors (Lipinski definition) is 0. The number of hydrogen-bond acceptors (Lipinski definition) is 3. The quantitative estimate of drug-likeness (QED) is 0.722. The first kappa shape index (κ1) is 9.51. The van der Waals surface area contributed by atoms with Gasteiger partial charge in [0.25, 0.3) is 0 Å². The number of rotatable bonds is 2. The van der Waals surface area contributed by atoms with Crippen molar-refractivity contribution < 1.29 is 4.79 Å². The number of aromatic nitrogens is 3. The molecule has 4 nitrogen and oxygen atoms in total. The van der Waals surface area contributed by atoms with Gasteiger partial charge >= 0.3 is 0 Å². The molecule has 1 aliphatic rings. The van der Waals surface area contributed by atoms with Crippen LogP contribution in [0.5, 0.6) is 0 Å². The van der Waals surface area contributed by atoms with Gasteiger partial charge in [0, 0.05) is 29.4 Å². The summed E-state index contributed by atoms with van der Waals surface area (Å²) in [6, 6.07) is 0.506. The van der Waals surface area contributed by atoms with Crippen molar-refractivity contribution in [1.82, 2.24) is 14.5 Å². The Morgan fingerprint density at radius 1 is 1.38 bits per heavy atom. The van der Waals surface area contributed by atoms with Crippen molar-refractivity contribution in [2.45, 2.75) is 31.7 Å². The highest BCUT2D eigenvalue weighted by molar-refractivity contribution is 5.95. The van der Waals surface area contributed by atoms with Crippen molar-refractivity contribution in [3.63, 3.8) is 0 Å². The second-order valence-corrected chi connectivity index (χ2v) is 4.31. The van der Waals surface area contributed by atoms with Crippen LogP contribution >= 0.6 is 0 Å². The molecule has 82 valence electrons. The standard InChI is InChI=1S/C12H13N3O/c16-7-9-6-15(10-3-1-2-4-10)12-11(9)5-13-8-14-12/h5-8,10H,1-4H2. The largest absolute Gasteiger partial charge is 0.329 e. The topological polar surface area (TPSA) is 47.8 Å². The molecule has 0 spiro atoms. The maximum Gasteiger partial charge on any atom is 0.152 e. The van der Waals surface area contributed by atoms with Crippen LogP contribution in [0.15, 0.2) is 18.7 Å². The average molecular weight is 215 g/mol. The molecule has 0 aromatic carbocycles. The van der Waals surface area contributed by atoms with Crippen molar-refractivity contribution in [3.05, 3.63) is 24.3 Å². The lowest BCUT2D eigenvalue weighted by Crippen LogP contribution is -2.03. The fourth-order valence-corrected chi connectivity index (χ4v) is 2.57. The van der Waals surface area contributed by atoms with Gasteiger partial charge in [0.1, 0.15) is 12.0 Å². The van der Waals surface area contributed by atoms with Gasteiger partial charge in [-0.05, 0) is 12.8 Å². The van der Waals surface area contributed by atoms with E-state index in [0.29, 0.717) is 11.6 Å². The van der Waals surface area contributed by atoms with Crippen LogP contribution in [0.25, 0.3) is 11.0 Å². The Kier molecular flexibility index (Phi) is 2.20. The molecule has 0 bridgehead atoms. The SMILES string of the molecule is O=Cc1cn(C2CCCC2)c2ncncc12. The fraction of sp³-hybridized carbons (Fsp3) is 0.417. The minimum Gasteiger partial charge on any atom is -0.329 e. The lowest BCUT2D eigenvalue weighted by atomic mass is 10.2. The van der Waals surface area contributed by atoms with E-state index in [-0.39, 0.29) is 0 Å². The predicted molar refractivity (Wildman–Crippen MR) is 60.4 cm³/mol. The first-order valence-corrected chi connectivity index (χ1v) is 5.66. The van der Waals surface area contributed by atoms with Gasteiger partial charge in [-0.3, -0.25) is 4.79 Å². The Labute approximate surface area is 93.3 Å². The lowest BCUT2D eigenvalue weighted by Gasteiger charge is -2.11. The summed E-state index contributed by atoms with van der Waals surface area (Å²) in [5.74, 6) is 0. The summed E-state index contributed by atoms with van der Waals surface area (Å²) >= 11 is 0. The Morgan fingerprint density at radius 2 is 2.19 bits per heavy atom. The van der Waals surface area contributed by atoms with Crippen molar-refractivity contribution in [2.24, 2.45) is 0 Å². The third-order valence-electron chi connectivity index (χ3n) is 3.37. The first-order valence-electron chi connectivity index (χ1n) is 5.66. The minimum atomic E-state index is 0.506. The second kappa shape index (κ2) is 3.70. The van der Waals surface area contributed by atoms with Gasteiger partial charge in [-0.15, -0.1) is 0 Å². The third-order valence-corrected chi connectivity index (χ3v) is 3.37. The van der Waals surface area contributed by atoms with E-state index >= 15 is 0 Å². The molecule has 0 unspecified atom stereocenters. The third kappa shape index (κ3) is 1.33. The molecule has 1 fully saturated rings. The molecule has 1 saturated carbocycles. The van der Waals surface area contributed by atoms with E-state index in [1.165, 1.54) is 25.7 Å². The zero-order valence-corrected chi connectivity index (χ0v) is 8.97. The van der Waals surface area contributed by atoms with Crippen LogP contribution in [0.1, 0.15) is 42.1 Å². The molecule has 0 radical (unpaired) electrons. The zero-order chi connectivity index (χ0) is 11.0. The second-order valence-electron chi connectivity index (χ2n) is 4.31. The van der Waals surface area contributed by atoms with Crippen LogP contribution in [0, 0.1) is 0 Å². The van der Waals surface area contributed by atoms with Gasteiger partial charge in [-0.25, -0.2) is 9.97 Å². The molecule has 0 atom stereocenters. The maximum absolute atomic E-state index is 11.0. The molecule has 0 amide bonds. The Bertz CT molecular complexity index is 526. The van der Waals surface area contributed by atoms with E-state index in [1.54, 1.807) is 12.5 Å². The van der Waals surface area contributed by atoms with Gasteiger partial charge in [0.05, 0.1) is 0 Å². The van der Waals surface area contributed by atoms with Crippen LogP contribution in [0.2, 0.25) is 0 Å². The summed E-state index contributed by atoms with van der Waals surface area (Å²) in [5, 5.41) is 0.865. The minimum absolute atomic E-state index is 0.506. The number of fused-ring (bicyclic) bond motifs is 1. The monoisotopic (exact) mass is 215 g/mol. The molecule has 0 saturated heterocycles. The smallest absolute Gasteiger partial charge is 0.152 e. The summed E-state index contributed by atoms with van der Waals surface area (Å²) in [7, 11) is 0. The molecule has 3 rings (SSSR count). The first-order chi connectivity index (χ1) is 7.90. The van der Waals surface area contributed by atoms with Crippen molar-refractivity contribution >= 4 is 17.3 Å². The van der Waals surface area contributed by atoms with Crippen LogP contribution in [-0.2, 0) is 0 Å². The van der Waals surface area contributed by atoms with Crippen LogP contribution in [0.3, 0.4) is 0 Å². The summed E-state index contributed by atoms with van der Waals surface area (Å²) < 4.78 is 2.15. The summed E-state index contributed by atoms with van der Waals surface area (Å²) in [4.78, 5) is 19.2. The molecule has 0 N–H and O–H groups in total. The van der Waals surface area contributed by atoms with Gasteiger partial charge in [-0.1, -0.05) is 12.8 Å². The number of aldehydes is 1. The summed E-state index contributed by atoms with van der Waals surface area (Å²) in [6.45, 7) is 0. The van der Waals surface area contributed by atoms with E-state index in [0.717, 1.165) is 17.3 Å². The van der Waals surface area contributed by atoms with Crippen LogP contribution in [0.4, 0.5) is 0 Å². The summed E-state index contributed by atoms with van der Waals surface area (Å²) in [6.07, 6.45) is 11.0. The highest BCUT2D eigenvalue weighted by Crippen LogP contribution is 2.32. The molecule has 2 aromatic rings. The highest BCUT2D eigenvalue weighted by Gasteiger charge is 2.20. The highest BCUT2D eigenvalue weighted by atomic mass is 16.1. The van der Waals surface area contributed by atoms with Gasteiger partial charge in [-0.2, -0.15) is 0 Å². The Hall–Kier alpha value is -1.71. The van der Waals surface area contributed by atoms with Crippen molar-refractivity contribution in [1.29, 1.82) is 0 Å².